The Kier molecular flexibility index (Phi) is 6.30. The summed E-state index contributed by atoms with van der Waals surface area (Å²) < 4.78 is 5.30. The summed E-state index contributed by atoms with van der Waals surface area (Å²) in [6.07, 6.45) is 4.26. The van der Waals surface area contributed by atoms with Gasteiger partial charge in [0.25, 0.3) is 0 Å². The van der Waals surface area contributed by atoms with Crippen LogP contribution in [0.5, 0.6) is 0 Å². The third-order valence-electron chi connectivity index (χ3n) is 2.93. The van der Waals surface area contributed by atoms with Gasteiger partial charge in [0, 0.05) is 18.2 Å². The first-order chi connectivity index (χ1) is 8.09. The highest BCUT2D eigenvalue weighted by atomic mass is 16.3. The van der Waals surface area contributed by atoms with Gasteiger partial charge >= 0.3 is 0 Å². The number of hydrogen-bond donors (Lipinski definition) is 1. The van der Waals surface area contributed by atoms with Crippen molar-refractivity contribution in [2.75, 3.05) is 20.1 Å². The Bertz CT molecular complexity index is 307. The molecule has 17 heavy (non-hydrogen) atoms. The Labute approximate surface area is 105 Å². The Balaban J connectivity index is 2.09. The average molecular weight is 238 g/mol. The maximum absolute atomic E-state index is 5.30. The van der Waals surface area contributed by atoms with E-state index in [4.69, 9.17) is 4.42 Å². The van der Waals surface area contributed by atoms with Crippen LogP contribution in [-0.2, 0) is 6.54 Å². The van der Waals surface area contributed by atoms with Gasteiger partial charge < -0.3 is 14.6 Å². The van der Waals surface area contributed by atoms with E-state index < -0.39 is 0 Å². The Morgan fingerprint density at radius 2 is 2.12 bits per heavy atom. The number of aryl methyl sites for hydroxylation is 1. The summed E-state index contributed by atoms with van der Waals surface area (Å²) in [6, 6.07) is 2.66. The topological polar surface area (TPSA) is 28.4 Å². The second kappa shape index (κ2) is 7.51. The molecule has 1 aromatic rings. The van der Waals surface area contributed by atoms with Gasteiger partial charge in [0.15, 0.2) is 0 Å². The fraction of sp³-hybridized carbons (Fsp3) is 0.714. The summed E-state index contributed by atoms with van der Waals surface area (Å²) in [5.41, 5.74) is 1.30. The van der Waals surface area contributed by atoms with E-state index in [1.807, 2.05) is 6.92 Å². The molecule has 0 aromatic carbocycles. The summed E-state index contributed by atoms with van der Waals surface area (Å²) in [4.78, 5) is 2.35. The minimum atomic E-state index is 0.598. The van der Waals surface area contributed by atoms with Crippen LogP contribution in [0.2, 0.25) is 0 Å². The van der Waals surface area contributed by atoms with Gasteiger partial charge in [-0.05, 0) is 46.0 Å². The van der Waals surface area contributed by atoms with Gasteiger partial charge in [-0.2, -0.15) is 0 Å². The number of furan rings is 1. The van der Waals surface area contributed by atoms with Crippen molar-refractivity contribution in [2.45, 2.75) is 46.2 Å². The molecule has 0 aliphatic rings. The average Bonchev–Trinajstić information content (AvgIpc) is 2.63. The van der Waals surface area contributed by atoms with E-state index in [1.54, 1.807) is 6.26 Å². The first-order valence-corrected chi connectivity index (χ1v) is 6.54. The summed E-state index contributed by atoms with van der Waals surface area (Å²) in [7, 11) is 2.17. The lowest BCUT2D eigenvalue weighted by Crippen LogP contribution is -2.25. The molecule has 0 aliphatic heterocycles. The number of hydrogen-bond acceptors (Lipinski definition) is 3. The van der Waals surface area contributed by atoms with Crippen LogP contribution in [0, 0.1) is 6.92 Å². The van der Waals surface area contributed by atoms with E-state index in [9.17, 15) is 0 Å². The van der Waals surface area contributed by atoms with Gasteiger partial charge in [-0.1, -0.05) is 13.8 Å². The number of nitrogens with one attached hydrogen (secondary N) is 1. The summed E-state index contributed by atoms with van der Waals surface area (Å²) in [5, 5.41) is 3.44. The van der Waals surface area contributed by atoms with Crippen LogP contribution in [-0.4, -0.2) is 31.1 Å². The molecule has 1 rings (SSSR count). The first-order valence-electron chi connectivity index (χ1n) is 6.54. The lowest BCUT2D eigenvalue weighted by atomic mass is 10.2. The van der Waals surface area contributed by atoms with E-state index in [2.05, 4.69) is 37.2 Å². The monoisotopic (exact) mass is 238 g/mol. The molecule has 0 spiro atoms. The van der Waals surface area contributed by atoms with Crippen molar-refractivity contribution >= 4 is 0 Å². The van der Waals surface area contributed by atoms with Crippen LogP contribution in [0.1, 0.15) is 38.0 Å². The number of unbranched alkanes of at least 4 members (excludes halogenated alkanes) is 1. The Morgan fingerprint density at radius 3 is 2.71 bits per heavy atom. The summed E-state index contributed by atoms with van der Waals surface area (Å²) in [6.45, 7) is 9.65. The molecular weight excluding hydrogens is 212 g/mol. The largest absolute Gasteiger partial charge is 0.469 e. The Morgan fingerprint density at radius 1 is 1.35 bits per heavy atom. The second-order valence-electron chi connectivity index (χ2n) is 5.06. The molecule has 1 heterocycles. The SMILES string of the molecule is Cc1occc1CN(C)CCCCNC(C)C. The first kappa shape index (κ1) is 14.3. The van der Waals surface area contributed by atoms with Gasteiger partial charge in [-0.3, -0.25) is 0 Å². The third kappa shape index (κ3) is 5.89. The van der Waals surface area contributed by atoms with Gasteiger partial charge in [-0.25, -0.2) is 0 Å². The van der Waals surface area contributed by atoms with Crippen LogP contribution in [0.4, 0.5) is 0 Å². The van der Waals surface area contributed by atoms with E-state index >= 15 is 0 Å². The second-order valence-corrected chi connectivity index (χ2v) is 5.06. The molecule has 0 atom stereocenters. The van der Waals surface area contributed by atoms with Crippen molar-refractivity contribution in [1.29, 1.82) is 0 Å². The fourth-order valence-corrected chi connectivity index (χ4v) is 1.84. The van der Waals surface area contributed by atoms with Gasteiger partial charge in [0.1, 0.15) is 5.76 Å². The predicted octanol–water partition coefficient (Wildman–Crippen LogP) is 2.80. The third-order valence-corrected chi connectivity index (χ3v) is 2.93. The molecule has 3 nitrogen and oxygen atoms in total. The molecule has 0 bridgehead atoms. The molecule has 0 aliphatic carbocycles. The molecular formula is C14H26N2O. The van der Waals surface area contributed by atoms with Gasteiger partial charge in [0.2, 0.25) is 0 Å². The van der Waals surface area contributed by atoms with E-state index in [1.165, 1.54) is 18.4 Å². The van der Waals surface area contributed by atoms with Gasteiger partial charge in [-0.15, -0.1) is 0 Å². The van der Waals surface area contributed by atoms with E-state index in [0.717, 1.165) is 25.4 Å². The maximum Gasteiger partial charge on any atom is 0.105 e. The lowest BCUT2D eigenvalue weighted by molar-refractivity contribution is 0.314. The molecule has 0 saturated carbocycles. The molecule has 1 N–H and O–H groups in total. The molecule has 0 amide bonds. The number of nitrogens with zero attached hydrogens (tertiary/aromatic N) is 1. The molecule has 1 aromatic heterocycles. The van der Waals surface area contributed by atoms with E-state index in [0.29, 0.717) is 6.04 Å². The highest BCUT2D eigenvalue weighted by molar-refractivity contribution is 5.14. The van der Waals surface area contributed by atoms with Crippen molar-refractivity contribution in [3.8, 4) is 0 Å². The molecule has 0 saturated heterocycles. The summed E-state index contributed by atoms with van der Waals surface area (Å²) >= 11 is 0. The quantitative estimate of drug-likeness (QED) is 0.706. The molecule has 0 fully saturated rings. The molecule has 0 unspecified atom stereocenters. The molecule has 3 heteroatoms. The maximum atomic E-state index is 5.30. The molecule has 0 radical (unpaired) electrons. The van der Waals surface area contributed by atoms with Crippen LogP contribution >= 0.6 is 0 Å². The standard InChI is InChI=1S/C14H26N2O/c1-12(2)15-8-5-6-9-16(4)11-14-7-10-17-13(14)3/h7,10,12,15H,5-6,8-9,11H2,1-4H3. The van der Waals surface area contributed by atoms with E-state index in [-0.39, 0.29) is 0 Å². The highest BCUT2D eigenvalue weighted by Gasteiger charge is 2.04. The smallest absolute Gasteiger partial charge is 0.105 e. The van der Waals surface area contributed by atoms with Crippen LogP contribution < -0.4 is 5.32 Å². The van der Waals surface area contributed by atoms with Crippen molar-refractivity contribution < 1.29 is 4.42 Å². The van der Waals surface area contributed by atoms with Crippen molar-refractivity contribution in [2.24, 2.45) is 0 Å². The number of rotatable bonds is 8. The minimum Gasteiger partial charge on any atom is -0.469 e. The summed E-state index contributed by atoms with van der Waals surface area (Å²) in [5.74, 6) is 1.04. The fourth-order valence-electron chi connectivity index (χ4n) is 1.84. The van der Waals surface area contributed by atoms with Crippen molar-refractivity contribution in [3.05, 3.63) is 23.7 Å². The highest BCUT2D eigenvalue weighted by Crippen LogP contribution is 2.11. The zero-order chi connectivity index (χ0) is 12.7. The van der Waals surface area contributed by atoms with Crippen LogP contribution in [0.3, 0.4) is 0 Å². The van der Waals surface area contributed by atoms with Crippen molar-refractivity contribution in [1.82, 2.24) is 10.2 Å². The zero-order valence-corrected chi connectivity index (χ0v) is 11.6. The Hall–Kier alpha value is -0.800. The van der Waals surface area contributed by atoms with Crippen LogP contribution in [0.25, 0.3) is 0 Å². The lowest BCUT2D eigenvalue weighted by Gasteiger charge is -2.16. The predicted molar refractivity (Wildman–Crippen MR) is 72.2 cm³/mol. The minimum absolute atomic E-state index is 0.598. The van der Waals surface area contributed by atoms with Crippen LogP contribution in [0.15, 0.2) is 16.7 Å². The van der Waals surface area contributed by atoms with Crippen molar-refractivity contribution in [3.63, 3.8) is 0 Å². The molecule has 98 valence electrons. The van der Waals surface area contributed by atoms with Gasteiger partial charge in [0.05, 0.1) is 6.26 Å². The zero-order valence-electron chi connectivity index (χ0n) is 11.6. The normalized spacial score (nSPS) is 11.6.